The molecule has 0 radical (unpaired) electrons. The van der Waals surface area contributed by atoms with Crippen molar-refractivity contribution in [2.24, 2.45) is 0 Å². The number of aromatic nitrogens is 1. The summed E-state index contributed by atoms with van der Waals surface area (Å²) in [6, 6.07) is 7.83. The molecule has 0 amide bonds. The molecule has 1 heterocycles. The van der Waals surface area contributed by atoms with Gasteiger partial charge < -0.3 is 4.74 Å². The van der Waals surface area contributed by atoms with Crippen LogP contribution in [-0.2, 0) is 0 Å². The molecule has 0 bridgehead atoms. The van der Waals surface area contributed by atoms with Crippen LogP contribution in [0.15, 0.2) is 41.0 Å². The zero-order valence-electron chi connectivity index (χ0n) is 8.84. The van der Waals surface area contributed by atoms with Crippen molar-refractivity contribution in [3.05, 3.63) is 56.9 Å². The molecule has 0 unspecified atom stereocenters. The molecule has 0 aliphatic rings. The molecule has 1 aromatic carbocycles. The Balaban J connectivity index is 2.39. The minimum atomic E-state index is -0.646. The van der Waals surface area contributed by atoms with E-state index in [4.69, 9.17) is 4.74 Å². The Labute approximate surface area is 110 Å². The van der Waals surface area contributed by atoms with Crippen molar-refractivity contribution < 1.29 is 14.1 Å². The van der Waals surface area contributed by atoms with Crippen LogP contribution in [0.25, 0.3) is 0 Å². The van der Waals surface area contributed by atoms with Gasteiger partial charge in [-0.2, -0.15) is 0 Å². The Kier molecular flexibility index (Phi) is 3.52. The van der Waals surface area contributed by atoms with Gasteiger partial charge >= 0.3 is 5.69 Å². The number of nitro groups is 1. The molecule has 2 rings (SSSR count). The first-order valence-corrected chi connectivity index (χ1v) is 5.60. The van der Waals surface area contributed by atoms with E-state index in [-0.39, 0.29) is 17.3 Å². The fourth-order valence-electron chi connectivity index (χ4n) is 1.28. The van der Waals surface area contributed by atoms with Crippen LogP contribution in [0.4, 0.5) is 10.1 Å². The van der Waals surface area contributed by atoms with Crippen molar-refractivity contribution in [1.29, 1.82) is 0 Å². The normalized spacial score (nSPS) is 10.1. The zero-order chi connectivity index (χ0) is 13.1. The number of benzene rings is 1. The van der Waals surface area contributed by atoms with Gasteiger partial charge in [0.25, 0.3) is 0 Å². The molecular weight excluding hydrogens is 307 g/mol. The molecule has 0 saturated carbocycles. The summed E-state index contributed by atoms with van der Waals surface area (Å²) in [6.45, 7) is 0. The maximum atomic E-state index is 13.1. The Morgan fingerprint density at radius 1 is 1.33 bits per heavy atom. The largest absolute Gasteiger partial charge is 0.432 e. The fourth-order valence-corrected chi connectivity index (χ4v) is 1.61. The summed E-state index contributed by atoms with van der Waals surface area (Å²) in [6.07, 6.45) is 0. The maximum absolute atomic E-state index is 13.1. The predicted molar refractivity (Wildman–Crippen MR) is 65.1 cm³/mol. The lowest BCUT2D eigenvalue weighted by atomic mass is 10.3. The number of hydrogen-bond acceptors (Lipinski definition) is 4. The lowest BCUT2D eigenvalue weighted by Crippen LogP contribution is -1.95. The number of nitrogens with zero attached hydrogens (tertiary/aromatic N) is 2. The molecule has 2 aromatic rings. The molecular formula is C11H6BrFN2O3. The van der Waals surface area contributed by atoms with Crippen LogP contribution in [0.2, 0.25) is 0 Å². The molecule has 0 N–H and O–H groups in total. The predicted octanol–water partition coefficient (Wildman–Crippen LogP) is 3.68. The van der Waals surface area contributed by atoms with Crippen molar-refractivity contribution >= 4 is 21.6 Å². The number of pyridine rings is 1. The molecule has 18 heavy (non-hydrogen) atoms. The average Bonchev–Trinajstić information content (AvgIpc) is 2.28. The van der Waals surface area contributed by atoms with Gasteiger partial charge in [0.05, 0.1) is 4.92 Å². The van der Waals surface area contributed by atoms with Gasteiger partial charge in [-0.3, -0.25) is 10.1 Å². The van der Waals surface area contributed by atoms with E-state index >= 15 is 0 Å². The summed E-state index contributed by atoms with van der Waals surface area (Å²) >= 11 is 3.14. The number of ether oxygens (including phenoxy) is 1. The Bertz CT molecular complexity index is 607. The molecule has 0 fully saturated rings. The first-order valence-electron chi connectivity index (χ1n) is 4.80. The van der Waals surface area contributed by atoms with Gasteiger partial charge in [0, 0.05) is 18.2 Å². The third-order valence-electron chi connectivity index (χ3n) is 2.02. The number of rotatable bonds is 3. The van der Waals surface area contributed by atoms with Gasteiger partial charge in [-0.25, -0.2) is 9.37 Å². The highest BCUT2D eigenvalue weighted by Crippen LogP contribution is 2.31. The van der Waals surface area contributed by atoms with Crippen molar-refractivity contribution in [3.8, 4) is 11.6 Å². The van der Waals surface area contributed by atoms with Gasteiger partial charge in [-0.05, 0) is 28.1 Å². The van der Waals surface area contributed by atoms with Crippen LogP contribution in [0.5, 0.6) is 11.6 Å². The summed E-state index contributed by atoms with van der Waals surface area (Å²) in [5.74, 6) is -0.672. The van der Waals surface area contributed by atoms with Gasteiger partial charge in [0.1, 0.15) is 10.4 Å². The monoisotopic (exact) mass is 312 g/mol. The number of hydrogen-bond donors (Lipinski definition) is 0. The fraction of sp³-hybridized carbons (Fsp3) is 0. The quantitative estimate of drug-likeness (QED) is 0.492. The molecule has 7 heteroatoms. The SMILES string of the molecule is O=[N+]([O-])c1ccc(F)cc1Oc1cccc(Br)n1. The Morgan fingerprint density at radius 3 is 2.78 bits per heavy atom. The van der Waals surface area contributed by atoms with Gasteiger partial charge in [0.2, 0.25) is 11.6 Å². The maximum Gasteiger partial charge on any atom is 0.311 e. The minimum absolute atomic E-state index is 0.137. The lowest BCUT2D eigenvalue weighted by Gasteiger charge is -2.05. The van der Waals surface area contributed by atoms with E-state index in [9.17, 15) is 14.5 Å². The summed E-state index contributed by atoms with van der Waals surface area (Å²) in [7, 11) is 0. The highest BCUT2D eigenvalue weighted by molar-refractivity contribution is 9.10. The molecule has 0 saturated heterocycles. The van der Waals surface area contributed by atoms with E-state index in [1.165, 1.54) is 6.07 Å². The van der Waals surface area contributed by atoms with E-state index in [0.29, 0.717) is 4.60 Å². The second-order valence-corrected chi connectivity index (χ2v) is 4.08. The zero-order valence-corrected chi connectivity index (χ0v) is 10.4. The van der Waals surface area contributed by atoms with E-state index in [1.54, 1.807) is 12.1 Å². The van der Waals surface area contributed by atoms with Crippen molar-refractivity contribution in [2.75, 3.05) is 0 Å². The Hall–Kier alpha value is -2.02. The minimum Gasteiger partial charge on any atom is -0.432 e. The lowest BCUT2D eigenvalue weighted by molar-refractivity contribution is -0.385. The van der Waals surface area contributed by atoms with Gasteiger partial charge in [-0.15, -0.1) is 0 Å². The second-order valence-electron chi connectivity index (χ2n) is 3.27. The summed E-state index contributed by atoms with van der Waals surface area (Å²) in [4.78, 5) is 14.1. The standard InChI is InChI=1S/C11H6BrFN2O3/c12-10-2-1-3-11(14-10)18-9-6-7(13)4-5-8(9)15(16)17/h1-6H. The van der Waals surface area contributed by atoms with Crippen molar-refractivity contribution in [1.82, 2.24) is 4.98 Å². The van der Waals surface area contributed by atoms with Gasteiger partial charge in [-0.1, -0.05) is 6.07 Å². The molecule has 0 aliphatic heterocycles. The topological polar surface area (TPSA) is 65.3 Å². The van der Waals surface area contributed by atoms with E-state index in [2.05, 4.69) is 20.9 Å². The molecule has 92 valence electrons. The molecule has 0 atom stereocenters. The first-order chi connectivity index (χ1) is 8.56. The summed E-state index contributed by atoms with van der Waals surface area (Å²) in [5.41, 5.74) is -0.321. The second kappa shape index (κ2) is 5.09. The number of nitro benzene ring substituents is 1. The smallest absolute Gasteiger partial charge is 0.311 e. The first kappa shape index (κ1) is 12.4. The molecule has 5 nitrogen and oxygen atoms in total. The van der Waals surface area contributed by atoms with E-state index in [0.717, 1.165) is 18.2 Å². The highest BCUT2D eigenvalue weighted by Gasteiger charge is 2.17. The van der Waals surface area contributed by atoms with Crippen molar-refractivity contribution in [2.45, 2.75) is 0 Å². The van der Waals surface area contributed by atoms with Gasteiger partial charge in [0.15, 0.2) is 0 Å². The highest BCUT2D eigenvalue weighted by atomic mass is 79.9. The Morgan fingerprint density at radius 2 is 2.11 bits per heavy atom. The molecule has 0 aliphatic carbocycles. The van der Waals surface area contributed by atoms with Crippen molar-refractivity contribution in [3.63, 3.8) is 0 Å². The van der Waals surface area contributed by atoms with Crippen LogP contribution in [0.3, 0.4) is 0 Å². The van der Waals surface area contributed by atoms with E-state index in [1.807, 2.05) is 0 Å². The third kappa shape index (κ3) is 2.80. The number of halogens is 2. The third-order valence-corrected chi connectivity index (χ3v) is 2.46. The summed E-state index contributed by atoms with van der Waals surface area (Å²) in [5, 5.41) is 10.8. The molecule has 1 aromatic heterocycles. The van der Waals surface area contributed by atoms with E-state index < -0.39 is 10.7 Å². The van der Waals surface area contributed by atoms with Crippen LogP contribution in [0, 0.1) is 15.9 Å². The van der Waals surface area contributed by atoms with Crippen LogP contribution < -0.4 is 4.74 Å². The average molecular weight is 313 g/mol. The summed E-state index contributed by atoms with van der Waals surface area (Å²) < 4.78 is 18.8. The van der Waals surface area contributed by atoms with Crippen LogP contribution in [-0.4, -0.2) is 9.91 Å². The van der Waals surface area contributed by atoms with Crippen LogP contribution >= 0.6 is 15.9 Å². The molecule has 0 spiro atoms. The van der Waals surface area contributed by atoms with Crippen LogP contribution in [0.1, 0.15) is 0 Å².